The van der Waals surface area contributed by atoms with Crippen LogP contribution in [0.3, 0.4) is 0 Å². The van der Waals surface area contributed by atoms with Crippen LogP contribution in [0.1, 0.15) is 24.9 Å². The molecule has 1 aliphatic rings. The standard InChI is InChI=1S/C21H24N4O2/c1-3-27-14-19(26)24-12-10-17(13-24)25-20(16-8-6-15(2)7-9-16)23-18-5-4-11-22-21(18)25/h4-9,11,17H,3,10,12-14H2,1-2H3. The fraction of sp³-hybridized carbons (Fsp3) is 0.381. The fourth-order valence-corrected chi connectivity index (χ4v) is 3.64. The maximum absolute atomic E-state index is 12.3. The molecule has 6 nitrogen and oxygen atoms in total. The van der Waals surface area contributed by atoms with Crippen molar-refractivity contribution in [2.75, 3.05) is 26.3 Å². The molecule has 1 saturated heterocycles. The zero-order valence-corrected chi connectivity index (χ0v) is 15.8. The molecule has 1 amide bonds. The number of carbonyl (C=O) groups excluding carboxylic acids is 1. The molecular weight excluding hydrogens is 340 g/mol. The lowest BCUT2D eigenvalue weighted by Gasteiger charge is -2.19. The minimum absolute atomic E-state index is 0.0496. The third-order valence-corrected chi connectivity index (χ3v) is 5.07. The van der Waals surface area contributed by atoms with Crippen LogP contribution in [0.4, 0.5) is 0 Å². The lowest BCUT2D eigenvalue weighted by molar-refractivity contribution is -0.135. The van der Waals surface area contributed by atoms with E-state index >= 15 is 0 Å². The summed E-state index contributed by atoms with van der Waals surface area (Å²) < 4.78 is 7.49. The van der Waals surface area contributed by atoms with Gasteiger partial charge in [0.15, 0.2) is 5.65 Å². The van der Waals surface area contributed by atoms with E-state index in [0.717, 1.165) is 35.5 Å². The molecule has 0 radical (unpaired) electrons. The Morgan fingerprint density at radius 1 is 1.26 bits per heavy atom. The summed E-state index contributed by atoms with van der Waals surface area (Å²) in [7, 11) is 0. The molecule has 0 bridgehead atoms. The molecule has 0 aliphatic carbocycles. The summed E-state index contributed by atoms with van der Waals surface area (Å²) in [6.45, 7) is 6.07. The zero-order valence-electron chi connectivity index (χ0n) is 15.8. The molecule has 140 valence electrons. The van der Waals surface area contributed by atoms with E-state index in [0.29, 0.717) is 13.2 Å². The van der Waals surface area contributed by atoms with Gasteiger partial charge in [0, 0.05) is 31.5 Å². The van der Waals surface area contributed by atoms with Crippen molar-refractivity contribution in [2.45, 2.75) is 26.3 Å². The van der Waals surface area contributed by atoms with Gasteiger partial charge in [-0.2, -0.15) is 0 Å². The first-order chi connectivity index (χ1) is 13.2. The minimum atomic E-state index is 0.0496. The maximum atomic E-state index is 12.3. The van der Waals surface area contributed by atoms with Crippen LogP contribution >= 0.6 is 0 Å². The van der Waals surface area contributed by atoms with Gasteiger partial charge >= 0.3 is 0 Å². The van der Waals surface area contributed by atoms with Gasteiger partial charge in [-0.15, -0.1) is 0 Å². The molecule has 4 rings (SSSR count). The summed E-state index contributed by atoms with van der Waals surface area (Å²) in [5.41, 5.74) is 4.04. The number of aryl methyl sites for hydroxylation is 1. The number of amides is 1. The van der Waals surface area contributed by atoms with E-state index < -0.39 is 0 Å². The van der Waals surface area contributed by atoms with Crippen molar-refractivity contribution >= 4 is 17.1 Å². The Morgan fingerprint density at radius 2 is 2.07 bits per heavy atom. The van der Waals surface area contributed by atoms with Crippen molar-refractivity contribution in [1.82, 2.24) is 19.4 Å². The monoisotopic (exact) mass is 364 g/mol. The summed E-state index contributed by atoms with van der Waals surface area (Å²) in [4.78, 5) is 23.6. The number of ether oxygens (including phenoxy) is 1. The summed E-state index contributed by atoms with van der Waals surface area (Å²) in [5.74, 6) is 0.960. The Kier molecular flexibility index (Phi) is 4.90. The normalized spacial score (nSPS) is 17.0. The Morgan fingerprint density at radius 3 is 2.85 bits per heavy atom. The van der Waals surface area contributed by atoms with Crippen LogP contribution < -0.4 is 0 Å². The number of pyridine rings is 1. The molecule has 1 unspecified atom stereocenters. The summed E-state index contributed by atoms with van der Waals surface area (Å²) >= 11 is 0. The van der Waals surface area contributed by atoms with Crippen molar-refractivity contribution < 1.29 is 9.53 Å². The van der Waals surface area contributed by atoms with E-state index in [9.17, 15) is 4.79 Å². The quantitative estimate of drug-likeness (QED) is 0.697. The Bertz CT molecular complexity index is 948. The van der Waals surface area contributed by atoms with Gasteiger partial charge in [0.05, 0.1) is 6.04 Å². The second kappa shape index (κ2) is 7.48. The highest BCUT2D eigenvalue weighted by atomic mass is 16.5. The molecule has 1 aliphatic heterocycles. The molecule has 0 saturated carbocycles. The maximum Gasteiger partial charge on any atom is 0.248 e. The molecule has 2 aromatic heterocycles. The van der Waals surface area contributed by atoms with Gasteiger partial charge in [-0.25, -0.2) is 9.97 Å². The SMILES string of the molecule is CCOCC(=O)N1CCC(n2c(-c3ccc(C)cc3)nc3cccnc32)C1. The molecule has 6 heteroatoms. The minimum Gasteiger partial charge on any atom is -0.372 e. The van der Waals surface area contributed by atoms with Gasteiger partial charge in [0.1, 0.15) is 17.9 Å². The van der Waals surface area contributed by atoms with Crippen molar-refractivity contribution in [3.63, 3.8) is 0 Å². The molecule has 1 atom stereocenters. The van der Waals surface area contributed by atoms with Crippen molar-refractivity contribution in [2.24, 2.45) is 0 Å². The van der Waals surface area contributed by atoms with Gasteiger partial charge < -0.3 is 14.2 Å². The van der Waals surface area contributed by atoms with E-state index in [1.165, 1.54) is 5.56 Å². The van der Waals surface area contributed by atoms with Crippen molar-refractivity contribution in [1.29, 1.82) is 0 Å². The van der Waals surface area contributed by atoms with E-state index in [1.54, 1.807) is 6.20 Å². The number of benzene rings is 1. The first-order valence-corrected chi connectivity index (χ1v) is 9.43. The third kappa shape index (κ3) is 3.45. The van der Waals surface area contributed by atoms with Crippen LogP contribution in [0, 0.1) is 6.92 Å². The zero-order chi connectivity index (χ0) is 18.8. The van der Waals surface area contributed by atoms with E-state index in [4.69, 9.17) is 9.72 Å². The number of hydrogen-bond donors (Lipinski definition) is 0. The second-order valence-electron chi connectivity index (χ2n) is 6.94. The Balaban J connectivity index is 1.70. The van der Waals surface area contributed by atoms with Gasteiger partial charge in [-0.3, -0.25) is 4.79 Å². The second-order valence-corrected chi connectivity index (χ2v) is 6.94. The van der Waals surface area contributed by atoms with Crippen LogP contribution in [0.25, 0.3) is 22.6 Å². The topological polar surface area (TPSA) is 60.2 Å². The van der Waals surface area contributed by atoms with E-state index in [1.807, 2.05) is 24.0 Å². The molecule has 3 aromatic rings. The predicted octanol–water partition coefficient (Wildman–Crippen LogP) is 3.22. The van der Waals surface area contributed by atoms with E-state index in [-0.39, 0.29) is 18.6 Å². The third-order valence-electron chi connectivity index (χ3n) is 5.07. The highest BCUT2D eigenvalue weighted by Gasteiger charge is 2.30. The number of likely N-dealkylation sites (tertiary alicyclic amines) is 1. The highest BCUT2D eigenvalue weighted by molar-refractivity contribution is 5.79. The predicted molar refractivity (Wildman–Crippen MR) is 104 cm³/mol. The summed E-state index contributed by atoms with van der Waals surface area (Å²) in [6.07, 6.45) is 2.69. The number of carbonyl (C=O) groups is 1. The largest absolute Gasteiger partial charge is 0.372 e. The number of nitrogens with zero attached hydrogens (tertiary/aromatic N) is 4. The number of rotatable bonds is 5. The lowest BCUT2D eigenvalue weighted by Crippen LogP contribution is -2.32. The molecule has 0 spiro atoms. The first kappa shape index (κ1) is 17.7. The van der Waals surface area contributed by atoms with Crippen molar-refractivity contribution in [3.05, 3.63) is 48.2 Å². The molecule has 1 fully saturated rings. The molecule has 1 aromatic carbocycles. The highest BCUT2D eigenvalue weighted by Crippen LogP contribution is 2.32. The van der Waals surface area contributed by atoms with Crippen LogP contribution in [0.2, 0.25) is 0 Å². The number of imidazole rings is 1. The van der Waals surface area contributed by atoms with Gasteiger partial charge in [-0.1, -0.05) is 29.8 Å². The van der Waals surface area contributed by atoms with Crippen molar-refractivity contribution in [3.8, 4) is 11.4 Å². The summed E-state index contributed by atoms with van der Waals surface area (Å²) in [6, 6.07) is 12.4. The number of aromatic nitrogens is 3. The van der Waals surface area contributed by atoms with Crippen LogP contribution in [0.15, 0.2) is 42.6 Å². The Labute approximate surface area is 158 Å². The van der Waals surface area contributed by atoms with Gasteiger partial charge in [-0.05, 0) is 32.4 Å². The van der Waals surface area contributed by atoms with Crippen LogP contribution in [0.5, 0.6) is 0 Å². The lowest BCUT2D eigenvalue weighted by atomic mass is 10.1. The van der Waals surface area contributed by atoms with Gasteiger partial charge in [0.25, 0.3) is 0 Å². The van der Waals surface area contributed by atoms with Crippen LogP contribution in [-0.2, 0) is 9.53 Å². The average molecular weight is 364 g/mol. The fourth-order valence-electron chi connectivity index (χ4n) is 3.64. The number of hydrogen-bond acceptors (Lipinski definition) is 4. The van der Waals surface area contributed by atoms with Crippen LogP contribution in [-0.4, -0.2) is 51.6 Å². The molecule has 0 N–H and O–H groups in total. The Hall–Kier alpha value is -2.73. The van der Waals surface area contributed by atoms with E-state index in [2.05, 4.69) is 40.7 Å². The first-order valence-electron chi connectivity index (χ1n) is 9.43. The molecule has 27 heavy (non-hydrogen) atoms. The number of fused-ring (bicyclic) bond motifs is 1. The molecular formula is C21H24N4O2. The average Bonchev–Trinajstić information content (AvgIpc) is 3.31. The van der Waals surface area contributed by atoms with Gasteiger partial charge in [0.2, 0.25) is 5.91 Å². The summed E-state index contributed by atoms with van der Waals surface area (Å²) in [5, 5.41) is 0. The molecule has 3 heterocycles. The smallest absolute Gasteiger partial charge is 0.248 e.